The molecule has 174 valence electrons. The molecule has 0 radical (unpaired) electrons. The number of para-hydroxylation sites is 1. The van der Waals surface area contributed by atoms with Gasteiger partial charge in [-0.05, 0) is 36.4 Å². The zero-order chi connectivity index (χ0) is 24.2. The second-order valence-corrected chi connectivity index (χ2v) is 7.93. The van der Waals surface area contributed by atoms with Crippen LogP contribution < -0.4 is 10.1 Å². The first-order valence-corrected chi connectivity index (χ1v) is 10.5. The molecule has 0 bridgehead atoms. The average molecular weight is 491 g/mol. The normalized spacial score (nSPS) is 10.9. The quantitative estimate of drug-likeness (QED) is 0.173. The maximum atomic E-state index is 13.7. The summed E-state index contributed by atoms with van der Waals surface area (Å²) in [4.78, 5) is 14.4. The van der Waals surface area contributed by atoms with E-state index in [0.717, 1.165) is 9.79 Å². The highest BCUT2D eigenvalue weighted by atomic mass is 32.2. The van der Waals surface area contributed by atoms with Gasteiger partial charge in [-0.2, -0.15) is 8.78 Å². The molecule has 0 atom stereocenters. The molecule has 1 heterocycles. The highest BCUT2D eigenvalue weighted by Gasteiger charge is 2.27. The van der Waals surface area contributed by atoms with Crippen LogP contribution in [0.5, 0.6) is 5.75 Å². The fourth-order valence-electron chi connectivity index (χ4n) is 2.89. The summed E-state index contributed by atoms with van der Waals surface area (Å²) in [6.45, 7) is -0.675. The minimum Gasteiger partial charge on any atom is -0.479 e. The summed E-state index contributed by atoms with van der Waals surface area (Å²) in [6, 6.07) is 19.2. The molecule has 0 unspecified atom stereocenters. The molecule has 1 amide bonds. The molecular weight excluding hydrogens is 477 g/mol. The van der Waals surface area contributed by atoms with Gasteiger partial charge in [-0.3, -0.25) is 4.79 Å². The van der Waals surface area contributed by atoms with Gasteiger partial charge >= 0.3 is 0 Å². The molecule has 4 aromatic rings. The second-order valence-electron chi connectivity index (χ2n) is 6.82. The van der Waals surface area contributed by atoms with Crippen molar-refractivity contribution in [1.82, 2.24) is 0 Å². The minimum absolute atomic E-state index is 0.0685. The number of benzene rings is 3. The highest BCUT2D eigenvalue weighted by Crippen LogP contribution is 2.34. The standard InChI is InChI=1S/C24H14F5NO3S/c25-18-19(26)21(28)23(22(29)20(18)27)32-12-13-10-11-16(33-13)24(31)30-15-8-4-5-9-17(15)34-14-6-2-1-3-7-14/h1-11H,12H2,(H,30,31). The highest BCUT2D eigenvalue weighted by molar-refractivity contribution is 7.99. The maximum absolute atomic E-state index is 13.7. The number of halogens is 5. The van der Waals surface area contributed by atoms with Crippen molar-refractivity contribution in [3.05, 3.63) is 107 Å². The van der Waals surface area contributed by atoms with Crippen LogP contribution in [0, 0.1) is 29.1 Å². The van der Waals surface area contributed by atoms with Gasteiger partial charge in [0, 0.05) is 9.79 Å². The monoisotopic (exact) mass is 491 g/mol. The van der Waals surface area contributed by atoms with Gasteiger partial charge in [0.1, 0.15) is 12.4 Å². The molecule has 0 spiro atoms. The lowest BCUT2D eigenvalue weighted by atomic mass is 10.2. The van der Waals surface area contributed by atoms with E-state index in [9.17, 15) is 26.7 Å². The Morgan fingerprint density at radius 2 is 1.41 bits per heavy atom. The van der Waals surface area contributed by atoms with Gasteiger partial charge in [0.05, 0.1) is 5.69 Å². The van der Waals surface area contributed by atoms with Crippen molar-refractivity contribution in [1.29, 1.82) is 0 Å². The first-order chi connectivity index (χ1) is 16.3. The molecule has 1 N–H and O–H groups in total. The van der Waals surface area contributed by atoms with Gasteiger partial charge in [-0.1, -0.05) is 42.1 Å². The van der Waals surface area contributed by atoms with E-state index in [1.165, 1.54) is 23.9 Å². The van der Waals surface area contributed by atoms with Crippen molar-refractivity contribution in [3.63, 3.8) is 0 Å². The van der Waals surface area contributed by atoms with E-state index in [-0.39, 0.29) is 11.5 Å². The lowest BCUT2D eigenvalue weighted by molar-refractivity contribution is 0.0992. The van der Waals surface area contributed by atoms with E-state index in [2.05, 4.69) is 5.32 Å². The molecule has 10 heteroatoms. The number of nitrogens with one attached hydrogen (secondary N) is 1. The molecule has 0 aliphatic carbocycles. The minimum atomic E-state index is -2.29. The van der Waals surface area contributed by atoms with Crippen molar-refractivity contribution >= 4 is 23.4 Å². The molecule has 3 aromatic carbocycles. The topological polar surface area (TPSA) is 51.5 Å². The lowest BCUT2D eigenvalue weighted by Gasteiger charge is -2.10. The van der Waals surface area contributed by atoms with Gasteiger partial charge in [0.2, 0.25) is 29.1 Å². The SMILES string of the molecule is O=C(Nc1ccccc1Sc1ccccc1)c1ccc(COc2c(F)c(F)c(F)c(F)c2F)o1. The second kappa shape index (κ2) is 10.0. The smallest absolute Gasteiger partial charge is 0.291 e. The molecular formula is C24H14F5NO3S. The molecule has 0 aliphatic heterocycles. The molecule has 4 nitrogen and oxygen atoms in total. The van der Waals surface area contributed by atoms with E-state index in [1.54, 1.807) is 12.1 Å². The summed E-state index contributed by atoms with van der Waals surface area (Å²) in [5.41, 5.74) is 0.525. The number of carbonyl (C=O) groups is 1. The molecule has 0 saturated heterocycles. The van der Waals surface area contributed by atoms with Crippen molar-refractivity contribution in [3.8, 4) is 5.75 Å². The first-order valence-electron chi connectivity index (χ1n) is 9.71. The summed E-state index contributed by atoms with van der Waals surface area (Å²) < 4.78 is 77.2. The van der Waals surface area contributed by atoms with Gasteiger partial charge in [0.15, 0.2) is 11.5 Å². The predicted octanol–water partition coefficient (Wildman–Crippen LogP) is 6.96. The van der Waals surface area contributed by atoms with Gasteiger partial charge in [0.25, 0.3) is 5.91 Å². The third-order valence-corrected chi connectivity index (χ3v) is 5.60. The van der Waals surface area contributed by atoms with Crippen LogP contribution in [0.25, 0.3) is 0 Å². The zero-order valence-corrected chi connectivity index (χ0v) is 17.9. The van der Waals surface area contributed by atoms with Crippen LogP contribution in [-0.4, -0.2) is 5.91 Å². The van der Waals surface area contributed by atoms with E-state index in [0.29, 0.717) is 5.69 Å². The van der Waals surface area contributed by atoms with Crippen molar-refractivity contribution in [2.75, 3.05) is 5.32 Å². The number of rotatable bonds is 7. The molecule has 0 saturated carbocycles. The Bertz CT molecular complexity index is 1310. The summed E-state index contributed by atoms with van der Waals surface area (Å²) in [7, 11) is 0. The lowest BCUT2D eigenvalue weighted by Crippen LogP contribution is -2.11. The number of hydrogen-bond acceptors (Lipinski definition) is 4. The number of furan rings is 1. The van der Waals surface area contributed by atoms with Crippen molar-refractivity contribution in [2.45, 2.75) is 16.4 Å². The Morgan fingerprint density at radius 1 is 0.794 bits per heavy atom. The molecule has 4 rings (SSSR count). The summed E-state index contributed by atoms with van der Waals surface area (Å²) in [5, 5.41) is 2.72. The zero-order valence-electron chi connectivity index (χ0n) is 17.1. The Morgan fingerprint density at radius 3 is 2.12 bits per heavy atom. The van der Waals surface area contributed by atoms with Crippen LogP contribution in [0.1, 0.15) is 16.3 Å². The van der Waals surface area contributed by atoms with Crippen LogP contribution in [-0.2, 0) is 6.61 Å². The number of hydrogen-bond donors (Lipinski definition) is 1. The van der Waals surface area contributed by atoms with E-state index in [1.807, 2.05) is 42.5 Å². The molecule has 34 heavy (non-hydrogen) atoms. The Labute approximate surface area is 194 Å². The number of amides is 1. The fraction of sp³-hybridized carbons (Fsp3) is 0.0417. The van der Waals surface area contributed by atoms with Crippen molar-refractivity contribution in [2.24, 2.45) is 0 Å². The third-order valence-electron chi connectivity index (χ3n) is 4.52. The summed E-state index contributed by atoms with van der Waals surface area (Å²) in [5.74, 6) is -13.0. The van der Waals surface area contributed by atoms with Crippen molar-refractivity contribution < 1.29 is 35.9 Å². The third kappa shape index (κ3) is 4.91. The van der Waals surface area contributed by atoms with Gasteiger partial charge in [-0.15, -0.1) is 0 Å². The summed E-state index contributed by atoms with van der Waals surface area (Å²) in [6.07, 6.45) is 0. The van der Waals surface area contributed by atoms with Crippen LogP contribution in [0.15, 0.2) is 80.9 Å². The number of carbonyl (C=O) groups excluding carboxylic acids is 1. The van der Waals surface area contributed by atoms with E-state index in [4.69, 9.17) is 9.15 Å². The van der Waals surface area contributed by atoms with Crippen LogP contribution in [0.4, 0.5) is 27.6 Å². The van der Waals surface area contributed by atoms with E-state index >= 15 is 0 Å². The van der Waals surface area contributed by atoms with Gasteiger partial charge in [-0.25, -0.2) is 13.2 Å². The fourth-order valence-corrected chi connectivity index (χ4v) is 3.81. The largest absolute Gasteiger partial charge is 0.479 e. The molecule has 0 aliphatic rings. The maximum Gasteiger partial charge on any atom is 0.291 e. The van der Waals surface area contributed by atoms with Crippen LogP contribution >= 0.6 is 11.8 Å². The Hall–Kier alpha value is -3.79. The van der Waals surface area contributed by atoms with Gasteiger partial charge < -0.3 is 14.5 Å². The Balaban J connectivity index is 1.45. The first kappa shape index (κ1) is 23.4. The van der Waals surface area contributed by atoms with Crippen LogP contribution in [0.2, 0.25) is 0 Å². The van der Waals surface area contributed by atoms with E-state index < -0.39 is 47.3 Å². The van der Waals surface area contributed by atoms with Crippen LogP contribution in [0.3, 0.4) is 0 Å². The Kier molecular flexibility index (Phi) is 6.87. The number of ether oxygens (including phenoxy) is 1. The molecule has 1 aromatic heterocycles. The molecule has 0 fully saturated rings. The number of anilines is 1. The predicted molar refractivity (Wildman–Crippen MR) is 114 cm³/mol. The average Bonchev–Trinajstić information content (AvgIpc) is 3.33. The summed E-state index contributed by atoms with van der Waals surface area (Å²) >= 11 is 1.44.